The van der Waals surface area contributed by atoms with Gasteiger partial charge in [0.2, 0.25) is 0 Å². The van der Waals surface area contributed by atoms with Gasteiger partial charge in [0.15, 0.2) is 5.83 Å². The second-order valence-electron chi connectivity index (χ2n) is 1.81. The molecule has 0 aliphatic heterocycles. The third-order valence-corrected chi connectivity index (χ3v) is 1.47. The minimum Gasteiger partial charge on any atom is -0.748 e. The van der Waals surface area contributed by atoms with Gasteiger partial charge in [-0.3, -0.25) is 0 Å². The number of alkyl halides is 2. The predicted molar refractivity (Wildman–Crippen MR) is 29.8 cm³/mol. The van der Waals surface area contributed by atoms with Crippen LogP contribution in [0.2, 0.25) is 0 Å². The van der Waals surface area contributed by atoms with Gasteiger partial charge < -0.3 is 4.55 Å². The van der Waals surface area contributed by atoms with Crippen molar-refractivity contribution in [2.24, 2.45) is 0 Å². The fourth-order valence-corrected chi connectivity index (χ4v) is 0.901. The molecule has 8 heteroatoms. The molecule has 0 saturated heterocycles. The van der Waals surface area contributed by atoms with E-state index in [1.807, 2.05) is 0 Å². The monoisotopic (exact) mass is 196 g/mol. The first-order valence-electron chi connectivity index (χ1n) is 2.31. The average molecular weight is 196 g/mol. The first-order chi connectivity index (χ1) is 4.65. The first-order valence-corrected chi connectivity index (χ1v) is 3.89. The molecule has 0 heterocycles. The van der Waals surface area contributed by atoms with E-state index >= 15 is 0 Å². The Balaban J connectivity index is 0. The van der Waals surface area contributed by atoms with Crippen molar-refractivity contribution in [3.8, 4) is 0 Å². The molecule has 0 fully saturated rings. The minimum absolute atomic E-state index is 0. The van der Waals surface area contributed by atoms with Crippen LogP contribution in [0.3, 0.4) is 0 Å². The van der Waals surface area contributed by atoms with Crippen molar-refractivity contribution in [1.82, 2.24) is 0 Å². The maximum atomic E-state index is 12.0. The minimum atomic E-state index is -5.13. The SMILES string of the molecule is C=C(F)C(F)(F)CS(=O)(=O)[O-].[Li+]. The van der Waals surface area contributed by atoms with Crippen molar-refractivity contribution < 1.29 is 45.0 Å². The summed E-state index contributed by atoms with van der Waals surface area (Å²) in [5, 5.41) is 0. The Kier molecular flexibility index (Phi) is 5.24. The topological polar surface area (TPSA) is 57.2 Å². The summed E-state index contributed by atoms with van der Waals surface area (Å²) < 4.78 is 64.8. The molecule has 66 valence electrons. The van der Waals surface area contributed by atoms with Gasteiger partial charge >= 0.3 is 24.8 Å². The van der Waals surface area contributed by atoms with Crippen LogP contribution >= 0.6 is 0 Å². The van der Waals surface area contributed by atoms with Crippen molar-refractivity contribution in [2.75, 3.05) is 5.75 Å². The van der Waals surface area contributed by atoms with Crippen LogP contribution < -0.4 is 18.9 Å². The van der Waals surface area contributed by atoms with Crippen LogP contribution in [0.4, 0.5) is 13.2 Å². The van der Waals surface area contributed by atoms with Crippen molar-refractivity contribution in [3.63, 3.8) is 0 Å². The zero-order valence-electron chi connectivity index (χ0n) is 6.18. The molecule has 0 aromatic carbocycles. The second kappa shape index (κ2) is 4.32. The van der Waals surface area contributed by atoms with Crippen LogP contribution in [0, 0.1) is 0 Å². The van der Waals surface area contributed by atoms with Crippen LogP contribution in [0.15, 0.2) is 12.4 Å². The van der Waals surface area contributed by atoms with Gasteiger partial charge in [-0.15, -0.1) is 0 Å². The van der Waals surface area contributed by atoms with E-state index in [9.17, 15) is 26.1 Å². The van der Waals surface area contributed by atoms with E-state index in [1.165, 1.54) is 0 Å². The molecule has 0 aromatic heterocycles. The number of hydrogen-bond donors (Lipinski definition) is 0. The Labute approximate surface area is 79.6 Å². The maximum absolute atomic E-state index is 12.0. The molecular formula is C4H4F3LiO3S. The molecule has 0 N–H and O–H groups in total. The number of hydrogen-bond acceptors (Lipinski definition) is 3. The summed E-state index contributed by atoms with van der Waals surface area (Å²) in [7, 11) is -5.13. The summed E-state index contributed by atoms with van der Waals surface area (Å²) in [4.78, 5) is 0. The van der Waals surface area contributed by atoms with E-state index in [1.54, 1.807) is 0 Å². The largest absolute Gasteiger partial charge is 1.00 e. The quantitative estimate of drug-likeness (QED) is 0.375. The Bertz CT molecular complexity index is 261. The van der Waals surface area contributed by atoms with Crippen molar-refractivity contribution in [3.05, 3.63) is 12.4 Å². The van der Waals surface area contributed by atoms with Crippen LogP contribution in [0.1, 0.15) is 0 Å². The molecule has 12 heavy (non-hydrogen) atoms. The molecule has 0 aliphatic rings. The van der Waals surface area contributed by atoms with Crippen LogP contribution in [-0.4, -0.2) is 24.6 Å². The molecule has 3 nitrogen and oxygen atoms in total. The molecule has 0 aliphatic carbocycles. The van der Waals surface area contributed by atoms with E-state index in [0.717, 1.165) is 0 Å². The third kappa shape index (κ3) is 5.66. The predicted octanol–water partition coefficient (Wildman–Crippen LogP) is -2.35. The molecule has 0 amide bonds. The Morgan fingerprint density at radius 3 is 1.92 bits per heavy atom. The van der Waals surface area contributed by atoms with Crippen molar-refractivity contribution in [1.29, 1.82) is 0 Å². The molecule has 0 rings (SSSR count). The summed E-state index contributed by atoms with van der Waals surface area (Å²) in [5.41, 5.74) is 0. The zero-order chi connectivity index (χ0) is 9.28. The van der Waals surface area contributed by atoms with E-state index in [0.29, 0.717) is 0 Å². The summed E-state index contributed by atoms with van der Waals surface area (Å²) in [5.74, 6) is -8.49. The Hall–Kier alpha value is 0.0374. The van der Waals surface area contributed by atoms with Gasteiger partial charge in [0.05, 0.1) is 0 Å². The van der Waals surface area contributed by atoms with Crippen LogP contribution in [0.5, 0.6) is 0 Å². The number of rotatable bonds is 3. The van der Waals surface area contributed by atoms with Crippen molar-refractivity contribution >= 4 is 10.1 Å². The second-order valence-corrected chi connectivity index (χ2v) is 3.22. The Morgan fingerprint density at radius 2 is 1.83 bits per heavy atom. The molecule has 0 unspecified atom stereocenters. The van der Waals surface area contributed by atoms with Crippen LogP contribution in [0.25, 0.3) is 0 Å². The molecule has 0 aromatic rings. The standard InChI is InChI=1S/C4H5F3O3S.Li/c1-3(5)4(6,7)2-11(8,9)10;/h1-2H2,(H,8,9,10);/q;+1/p-1. The molecule has 0 spiro atoms. The van der Waals surface area contributed by atoms with Gasteiger partial charge in [-0.2, -0.15) is 8.78 Å². The molecule has 0 saturated carbocycles. The van der Waals surface area contributed by atoms with E-state index in [-0.39, 0.29) is 18.9 Å². The van der Waals surface area contributed by atoms with Gasteiger partial charge in [0.1, 0.15) is 15.9 Å². The summed E-state index contributed by atoms with van der Waals surface area (Å²) >= 11 is 0. The summed E-state index contributed by atoms with van der Waals surface area (Å²) in [6.45, 7) is 2.19. The third-order valence-electron chi connectivity index (χ3n) is 0.755. The summed E-state index contributed by atoms with van der Waals surface area (Å²) in [6, 6.07) is 0. The normalized spacial score (nSPS) is 12.0. The Morgan fingerprint density at radius 1 is 1.50 bits per heavy atom. The van der Waals surface area contributed by atoms with Gasteiger partial charge in [-0.1, -0.05) is 6.58 Å². The molecular weight excluding hydrogens is 192 g/mol. The van der Waals surface area contributed by atoms with Crippen LogP contribution in [-0.2, 0) is 10.1 Å². The van der Waals surface area contributed by atoms with E-state index < -0.39 is 27.6 Å². The van der Waals surface area contributed by atoms with Gasteiger partial charge in [0, 0.05) is 0 Å². The average Bonchev–Trinajstić information content (AvgIpc) is 1.56. The maximum Gasteiger partial charge on any atom is 1.00 e. The zero-order valence-corrected chi connectivity index (χ0v) is 7.00. The fraction of sp³-hybridized carbons (Fsp3) is 0.500. The summed E-state index contributed by atoms with van der Waals surface area (Å²) in [6.07, 6.45) is 0. The smallest absolute Gasteiger partial charge is 0.748 e. The molecule has 0 radical (unpaired) electrons. The van der Waals surface area contributed by atoms with E-state index in [4.69, 9.17) is 0 Å². The van der Waals surface area contributed by atoms with Crippen molar-refractivity contribution in [2.45, 2.75) is 5.92 Å². The van der Waals surface area contributed by atoms with Gasteiger partial charge in [-0.05, 0) is 0 Å². The number of allylic oxidation sites excluding steroid dienone is 1. The fourth-order valence-electron chi connectivity index (χ4n) is 0.300. The van der Waals surface area contributed by atoms with Gasteiger partial charge in [0.25, 0.3) is 0 Å². The van der Waals surface area contributed by atoms with Gasteiger partial charge in [-0.25, -0.2) is 12.8 Å². The molecule has 0 bridgehead atoms. The first kappa shape index (κ1) is 14.6. The molecule has 0 atom stereocenters. The number of halogens is 3. The van der Waals surface area contributed by atoms with E-state index in [2.05, 4.69) is 6.58 Å².